The fourth-order valence-corrected chi connectivity index (χ4v) is 3.67. The molecule has 1 aromatic heterocycles. The van der Waals surface area contributed by atoms with E-state index in [1.165, 1.54) is 25.7 Å². The van der Waals surface area contributed by atoms with E-state index in [0.717, 1.165) is 45.0 Å². The third-order valence-corrected chi connectivity index (χ3v) is 5.58. The Kier molecular flexibility index (Phi) is 7.82. The predicted octanol–water partition coefficient (Wildman–Crippen LogP) is 7.49. The molecular weight excluding hydrogens is 426 g/mol. The summed E-state index contributed by atoms with van der Waals surface area (Å²) in [4.78, 5) is 17.7. The maximum absolute atomic E-state index is 12.9. The van der Waals surface area contributed by atoms with E-state index in [1.807, 2.05) is 55.5 Å². The molecule has 0 unspecified atom stereocenters. The number of rotatable bonds is 9. The van der Waals surface area contributed by atoms with Gasteiger partial charge in [0.15, 0.2) is 0 Å². The average Bonchev–Trinajstić information content (AvgIpc) is 2.72. The second-order valence-electron chi connectivity index (χ2n) is 7.49. The molecule has 3 rings (SSSR count). The van der Waals surface area contributed by atoms with Crippen LogP contribution in [-0.4, -0.2) is 17.6 Å². The number of aromatic nitrogens is 1. The van der Waals surface area contributed by atoms with E-state index in [9.17, 15) is 4.79 Å². The number of esters is 1. The zero-order valence-electron chi connectivity index (χ0n) is 17.2. The van der Waals surface area contributed by atoms with Crippen molar-refractivity contribution in [3.8, 4) is 11.3 Å². The van der Waals surface area contributed by atoms with E-state index in [2.05, 4.69) is 22.9 Å². The predicted molar refractivity (Wildman–Crippen MR) is 123 cm³/mol. The average molecular weight is 454 g/mol. The zero-order valence-corrected chi connectivity index (χ0v) is 18.8. The van der Waals surface area contributed by atoms with E-state index in [0.29, 0.717) is 12.2 Å². The number of nitrogens with zero attached hydrogens (tertiary/aromatic N) is 1. The fourth-order valence-electron chi connectivity index (χ4n) is 3.40. The molecule has 3 aromatic rings. The summed E-state index contributed by atoms with van der Waals surface area (Å²) >= 11 is 3.46. The number of pyridine rings is 1. The number of aryl methyl sites for hydroxylation is 1. The summed E-state index contributed by atoms with van der Waals surface area (Å²) in [6.45, 7) is 4.70. The van der Waals surface area contributed by atoms with Crippen molar-refractivity contribution in [3.05, 3.63) is 64.1 Å². The monoisotopic (exact) mass is 453 g/mol. The van der Waals surface area contributed by atoms with E-state index in [-0.39, 0.29) is 5.97 Å². The first-order valence-corrected chi connectivity index (χ1v) is 11.2. The van der Waals surface area contributed by atoms with Crippen LogP contribution in [0.25, 0.3) is 22.2 Å². The van der Waals surface area contributed by atoms with Crippen LogP contribution >= 0.6 is 15.9 Å². The third kappa shape index (κ3) is 5.89. The van der Waals surface area contributed by atoms with Gasteiger partial charge in [-0.1, -0.05) is 78.7 Å². The lowest BCUT2D eigenvalue weighted by atomic mass is 10.0. The minimum atomic E-state index is -0.269. The summed E-state index contributed by atoms with van der Waals surface area (Å²) in [7, 11) is 0. The summed E-state index contributed by atoms with van der Waals surface area (Å²) in [5.41, 5.74) is 4.24. The summed E-state index contributed by atoms with van der Waals surface area (Å²) < 4.78 is 6.63. The molecule has 3 nitrogen and oxygen atoms in total. The third-order valence-electron chi connectivity index (χ3n) is 5.06. The van der Waals surface area contributed by atoms with Crippen molar-refractivity contribution in [2.24, 2.45) is 0 Å². The highest BCUT2D eigenvalue weighted by atomic mass is 79.9. The molecule has 0 fully saturated rings. The van der Waals surface area contributed by atoms with Gasteiger partial charge in [0.2, 0.25) is 0 Å². The Morgan fingerprint density at radius 2 is 1.69 bits per heavy atom. The molecule has 0 saturated heterocycles. The molecule has 4 heteroatoms. The molecule has 0 atom stereocenters. The Balaban J connectivity index is 1.80. The number of unbranched alkanes of at least 4 members (excludes halogenated alkanes) is 5. The highest BCUT2D eigenvalue weighted by Gasteiger charge is 2.15. The van der Waals surface area contributed by atoms with Gasteiger partial charge in [-0.25, -0.2) is 9.78 Å². The Morgan fingerprint density at radius 3 is 2.45 bits per heavy atom. The van der Waals surface area contributed by atoms with Gasteiger partial charge in [-0.15, -0.1) is 0 Å². The second kappa shape index (κ2) is 10.5. The molecule has 2 aromatic carbocycles. The number of benzene rings is 2. The van der Waals surface area contributed by atoms with Crippen LogP contribution in [0.4, 0.5) is 0 Å². The number of halogens is 1. The van der Waals surface area contributed by atoms with Gasteiger partial charge in [0.25, 0.3) is 0 Å². The molecule has 0 spiro atoms. The van der Waals surface area contributed by atoms with Crippen molar-refractivity contribution < 1.29 is 9.53 Å². The summed E-state index contributed by atoms with van der Waals surface area (Å²) in [5, 5.41) is 0.846. The molecule has 0 aliphatic heterocycles. The normalized spacial score (nSPS) is 11.0. The summed E-state index contributed by atoms with van der Waals surface area (Å²) in [5.74, 6) is -0.269. The molecular formula is C25H28BrNO2. The maximum Gasteiger partial charge on any atom is 0.338 e. The van der Waals surface area contributed by atoms with Gasteiger partial charge in [0.05, 0.1) is 23.4 Å². The topological polar surface area (TPSA) is 39.2 Å². The van der Waals surface area contributed by atoms with Gasteiger partial charge >= 0.3 is 5.97 Å². The van der Waals surface area contributed by atoms with Gasteiger partial charge in [0, 0.05) is 15.4 Å². The highest BCUT2D eigenvalue weighted by molar-refractivity contribution is 9.10. The molecule has 0 bridgehead atoms. The number of ether oxygens (including phenoxy) is 1. The fraction of sp³-hybridized carbons (Fsp3) is 0.360. The van der Waals surface area contributed by atoms with E-state index >= 15 is 0 Å². The van der Waals surface area contributed by atoms with Crippen molar-refractivity contribution in [2.75, 3.05) is 6.61 Å². The van der Waals surface area contributed by atoms with Gasteiger partial charge in [-0.2, -0.15) is 0 Å². The largest absolute Gasteiger partial charge is 0.462 e. The lowest BCUT2D eigenvalue weighted by Crippen LogP contribution is -2.08. The number of hydrogen-bond donors (Lipinski definition) is 0. The Hall–Kier alpha value is -2.20. The SMILES string of the molecule is CCCCCCCCOC(=O)c1cc(-c2ccc(Br)cc2)nc2ccc(C)cc12. The minimum Gasteiger partial charge on any atom is -0.462 e. The smallest absolute Gasteiger partial charge is 0.338 e. The van der Waals surface area contributed by atoms with E-state index < -0.39 is 0 Å². The standard InChI is InChI=1S/C25H28BrNO2/c1-3-4-5-6-7-8-15-29-25(28)22-17-24(19-10-12-20(26)13-11-19)27-23-14-9-18(2)16-21(22)23/h9-14,16-17H,3-8,15H2,1-2H3. The van der Waals surface area contributed by atoms with Gasteiger partial charge in [0.1, 0.15) is 0 Å². The van der Waals surface area contributed by atoms with Crippen molar-refractivity contribution >= 4 is 32.8 Å². The molecule has 152 valence electrons. The molecule has 1 heterocycles. The first-order valence-electron chi connectivity index (χ1n) is 10.4. The lowest BCUT2D eigenvalue weighted by molar-refractivity contribution is 0.0500. The molecule has 0 aliphatic carbocycles. The quantitative estimate of drug-likeness (QED) is 0.248. The van der Waals surface area contributed by atoms with Crippen LogP contribution in [0.3, 0.4) is 0 Å². The molecule has 0 amide bonds. The van der Waals surface area contributed by atoms with E-state index in [4.69, 9.17) is 9.72 Å². The first-order chi connectivity index (χ1) is 14.1. The minimum absolute atomic E-state index is 0.269. The number of fused-ring (bicyclic) bond motifs is 1. The molecule has 29 heavy (non-hydrogen) atoms. The van der Waals surface area contributed by atoms with Crippen LogP contribution in [0.5, 0.6) is 0 Å². The van der Waals surface area contributed by atoms with Gasteiger partial charge in [-0.05, 0) is 43.7 Å². The van der Waals surface area contributed by atoms with Crippen LogP contribution in [0, 0.1) is 6.92 Å². The lowest BCUT2D eigenvalue weighted by Gasteiger charge is -2.11. The molecule has 0 N–H and O–H groups in total. The van der Waals surface area contributed by atoms with Crippen LogP contribution in [0.1, 0.15) is 61.4 Å². The van der Waals surface area contributed by atoms with Crippen LogP contribution in [0.2, 0.25) is 0 Å². The molecule has 0 saturated carbocycles. The molecule has 0 aliphatic rings. The Labute approximate surface area is 181 Å². The van der Waals surface area contributed by atoms with Crippen LogP contribution in [0.15, 0.2) is 53.0 Å². The zero-order chi connectivity index (χ0) is 20.6. The Morgan fingerprint density at radius 1 is 0.966 bits per heavy atom. The number of carbonyl (C=O) groups excluding carboxylic acids is 1. The summed E-state index contributed by atoms with van der Waals surface area (Å²) in [6.07, 6.45) is 7.00. The van der Waals surface area contributed by atoms with Gasteiger partial charge in [-0.3, -0.25) is 0 Å². The van der Waals surface area contributed by atoms with Crippen molar-refractivity contribution in [3.63, 3.8) is 0 Å². The van der Waals surface area contributed by atoms with Crippen LogP contribution in [-0.2, 0) is 4.74 Å². The molecule has 0 radical (unpaired) electrons. The number of hydrogen-bond acceptors (Lipinski definition) is 3. The van der Waals surface area contributed by atoms with Crippen molar-refractivity contribution in [1.82, 2.24) is 4.98 Å². The van der Waals surface area contributed by atoms with Crippen LogP contribution < -0.4 is 0 Å². The number of carbonyl (C=O) groups is 1. The van der Waals surface area contributed by atoms with Gasteiger partial charge < -0.3 is 4.74 Å². The first kappa shape index (κ1) is 21.5. The van der Waals surface area contributed by atoms with E-state index in [1.54, 1.807) is 0 Å². The second-order valence-corrected chi connectivity index (χ2v) is 8.40. The van der Waals surface area contributed by atoms with Crippen molar-refractivity contribution in [1.29, 1.82) is 0 Å². The van der Waals surface area contributed by atoms with Crippen molar-refractivity contribution in [2.45, 2.75) is 52.4 Å². The Bertz CT molecular complexity index is 966. The summed E-state index contributed by atoms with van der Waals surface area (Å²) in [6, 6.07) is 15.8. The highest BCUT2D eigenvalue weighted by Crippen LogP contribution is 2.27. The maximum atomic E-state index is 12.9.